The largest absolute Gasteiger partial charge is 0.397 e. The van der Waals surface area contributed by atoms with E-state index in [2.05, 4.69) is 13.8 Å². The monoisotopic (exact) mass is 659 g/mol. The molecule has 4 nitrogen and oxygen atoms in total. The molecule has 5 heteroatoms. The summed E-state index contributed by atoms with van der Waals surface area (Å²) >= 11 is 0. The average molecular weight is 659 g/mol. The molecule has 0 aliphatic rings. The van der Waals surface area contributed by atoms with E-state index >= 15 is 0 Å². The van der Waals surface area contributed by atoms with Crippen LogP contribution in [0.1, 0.15) is 245 Å². The predicted molar refractivity (Wildman–Crippen MR) is 199 cm³/mol. The van der Waals surface area contributed by atoms with Gasteiger partial charge in [0.1, 0.15) is 0 Å². The summed E-state index contributed by atoms with van der Waals surface area (Å²) in [4.78, 5) is 0. The van der Waals surface area contributed by atoms with Gasteiger partial charge in [-0.05, 0) is 18.8 Å². The Labute approximate surface area is 284 Å². The Morgan fingerprint density at radius 1 is 0.378 bits per heavy atom. The Morgan fingerprint density at radius 3 is 0.778 bits per heavy atom. The van der Waals surface area contributed by atoms with E-state index in [1.165, 1.54) is 205 Å². The summed E-state index contributed by atoms with van der Waals surface area (Å²) in [7, 11) is -4.34. The van der Waals surface area contributed by atoms with Gasteiger partial charge in [-0.3, -0.25) is 4.55 Å². The second-order valence-electron chi connectivity index (χ2n) is 14.5. The zero-order valence-electron chi connectivity index (χ0n) is 30.8. The molecule has 45 heavy (non-hydrogen) atoms. The first kappa shape index (κ1) is 44.9. The first-order valence-electron chi connectivity index (χ1n) is 20.6. The molecule has 0 bridgehead atoms. The van der Waals surface area contributed by atoms with Gasteiger partial charge in [-0.2, -0.15) is 8.42 Å². The topological polar surface area (TPSA) is 63.6 Å². The third-order valence-electron chi connectivity index (χ3n) is 9.88. The smallest absolute Gasteiger partial charge is 0.264 e. The van der Waals surface area contributed by atoms with E-state index in [-0.39, 0.29) is 12.5 Å². The SMILES string of the molecule is CCCCCCCCCCCCCCCCCCCCCCC(CCCCCCCCCCCCCCCC)COS(=O)(=O)O. The van der Waals surface area contributed by atoms with Gasteiger partial charge in [-0.15, -0.1) is 0 Å². The van der Waals surface area contributed by atoms with E-state index in [4.69, 9.17) is 8.74 Å². The van der Waals surface area contributed by atoms with Crippen molar-refractivity contribution in [3.63, 3.8) is 0 Å². The molecule has 1 atom stereocenters. The predicted octanol–water partition coefficient (Wildman–Crippen LogP) is 14.5. The molecule has 272 valence electrons. The van der Waals surface area contributed by atoms with Crippen LogP contribution in [0.3, 0.4) is 0 Å². The van der Waals surface area contributed by atoms with Gasteiger partial charge < -0.3 is 0 Å². The van der Waals surface area contributed by atoms with Crippen molar-refractivity contribution >= 4 is 10.4 Å². The van der Waals surface area contributed by atoms with Crippen molar-refractivity contribution in [3.8, 4) is 0 Å². The summed E-state index contributed by atoms with van der Waals surface area (Å²) in [6.45, 7) is 4.70. The molecule has 1 unspecified atom stereocenters. The lowest BCUT2D eigenvalue weighted by Gasteiger charge is -2.16. The van der Waals surface area contributed by atoms with Gasteiger partial charge in [-0.25, -0.2) is 4.18 Å². The quantitative estimate of drug-likeness (QED) is 0.0527. The number of rotatable bonds is 39. The zero-order chi connectivity index (χ0) is 32.9. The Kier molecular flexibility index (Phi) is 36.6. The highest BCUT2D eigenvalue weighted by molar-refractivity contribution is 7.80. The molecule has 0 rings (SSSR count). The Bertz CT molecular complexity index is 651. The van der Waals surface area contributed by atoms with E-state index in [0.717, 1.165) is 25.7 Å². The van der Waals surface area contributed by atoms with Crippen LogP contribution in [0.25, 0.3) is 0 Å². The molecule has 0 aromatic carbocycles. The third-order valence-corrected chi connectivity index (χ3v) is 10.3. The summed E-state index contributed by atoms with van der Waals surface area (Å²) in [6.07, 6.45) is 48.6. The van der Waals surface area contributed by atoms with Crippen LogP contribution in [0.4, 0.5) is 0 Å². The van der Waals surface area contributed by atoms with Crippen LogP contribution >= 0.6 is 0 Å². The minimum atomic E-state index is -4.34. The minimum Gasteiger partial charge on any atom is -0.264 e. The van der Waals surface area contributed by atoms with Crippen molar-refractivity contribution in [2.45, 2.75) is 245 Å². The Balaban J connectivity index is 3.61. The molecule has 0 saturated carbocycles. The van der Waals surface area contributed by atoms with E-state index < -0.39 is 10.4 Å². The highest BCUT2D eigenvalue weighted by Crippen LogP contribution is 2.21. The molecule has 0 aliphatic carbocycles. The van der Waals surface area contributed by atoms with E-state index in [1.54, 1.807) is 0 Å². The number of hydrogen-bond donors (Lipinski definition) is 1. The lowest BCUT2D eigenvalue weighted by Crippen LogP contribution is -2.14. The molecular weight excluding hydrogens is 577 g/mol. The zero-order valence-corrected chi connectivity index (χ0v) is 31.6. The maximum atomic E-state index is 11.1. The van der Waals surface area contributed by atoms with Crippen LogP contribution in [0.2, 0.25) is 0 Å². The number of hydrogen-bond acceptors (Lipinski definition) is 3. The second kappa shape index (κ2) is 36.7. The highest BCUT2D eigenvalue weighted by Gasteiger charge is 2.13. The molecule has 0 fully saturated rings. The third kappa shape index (κ3) is 40.0. The summed E-state index contributed by atoms with van der Waals surface area (Å²) < 4.78 is 36.1. The Hall–Kier alpha value is -0.130. The van der Waals surface area contributed by atoms with Gasteiger partial charge in [0.05, 0.1) is 6.61 Å². The second-order valence-corrected chi connectivity index (χ2v) is 15.6. The lowest BCUT2D eigenvalue weighted by molar-refractivity contribution is 0.204. The molecule has 0 spiro atoms. The number of unbranched alkanes of at least 4 members (excludes halogenated alkanes) is 32. The van der Waals surface area contributed by atoms with Gasteiger partial charge in [0, 0.05) is 0 Å². The van der Waals surface area contributed by atoms with Crippen LogP contribution < -0.4 is 0 Å². The van der Waals surface area contributed by atoms with Crippen LogP contribution in [-0.4, -0.2) is 19.6 Å². The van der Waals surface area contributed by atoms with Crippen molar-refractivity contribution in [1.29, 1.82) is 0 Å². The maximum absolute atomic E-state index is 11.1. The fraction of sp³-hybridized carbons (Fsp3) is 1.00. The van der Waals surface area contributed by atoms with E-state index in [9.17, 15) is 8.42 Å². The molecule has 0 aromatic rings. The average Bonchev–Trinajstić information content (AvgIpc) is 3.02. The van der Waals surface area contributed by atoms with Crippen LogP contribution in [0.15, 0.2) is 0 Å². The molecule has 0 amide bonds. The first-order chi connectivity index (χ1) is 22.0. The standard InChI is InChI=1S/C40H82O4S/c1-3-5-7-9-11-13-15-17-19-20-21-22-23-24-26-28-30-32-34-36-38-40(39-44-45(41,42)43)37-35-33-31-29-27-25-18-16-14-12-10-8-6-4-2/h40H,3-39H2,1-2H3,(H,41,42,43). The lowest BCUT2D eigenvalue weighted by atomic mass is 9.94. The van der Waals surface area contributed by atoms with Crippen molar-refractivity contribution in [1.82, 2.24) is 0 Å². The molecule has 0 aromatic heterocycles. The fourth-order valence-corrected chi connectivity index (χ4v) is 7.17. The van der Waals surface area contributed by atoms with Gasteiger partial charge in [0.25, 0.3) is 0 Å². The van der Waals surface area contributed by atoms with Crippen molar-refractivity contribution in [3.05, 3.63) is 0 Å². The molecule has 0 radical (unpaired) electrons. The minimum absolute atomic E-state index is 0.135. The molecule has 0 saturated heterocycles. The van der Waals surface area contributed by atoms with Crippen LogP contribution in [-0.2, 0) is 14.6 Å². The summed E-state index contributed by atoms with van der Waals surface area (Å²) in [5, 5.41) is 0. The molecule has 0 heterocycles. The highest BCUT2D eigenvalue weighted by atomic mass is 32.3. The molecule has 1 N–H and O–H groups in total. The van der Waals surface area contributed by atoms with Gasteiger partial charge in [0.15, 0.2) is 0 Å². The summed E-state index contributed by atoms with van der Waals surface area (Å²) in [5.41, 5.74) is 0. The Morgan fingerprint density at radius 2 is 0.578 bits per heavy atom. The first-order valence-corrected chi connectivity index (χ1v) is 22.0. The molecule has 0 aliphatic heterocycles. The van der Waals surface area contributed by atoms with Crippen molar-refractivity contribution in [2.24, 2.45) is 5.92 Å². The summed E-state index contributed by atoms with van der Waals surface area (Å²) in [5.74, 6) is 0.236. The summed E-state index contributed by atoms with van der Waals surface area (Å²) in [6, 6.07) is 0. The van der Waals surface area contributed by atoms with Gasteiger partial charge in [0.2, 0.25) is 0 Å². The molecular formula is C40H82O4S. The van der Waals surface area contributed by atoms with Crippen molar-refractivity contribution in [2.75, 3.05) is 6.61 Å². The van der Waals surface area contributed by atoms with Gasteiger partial charge >= 0.3 is 10.4 Å². The van der Waals surface area contributed by atoms with E-state index in [0.29, 0.717) is 0 Å². The van der Waals surface area contributed by atoms with Crippen molar-refractivity contribution < 1.29 is 17.2 Å². The van der Waals surface area contributed by atoms with Crippen LogP contribution in [0, 0.1) is 5.92 Å². The van der Waals surface area contributed by atoms with E-state index in [1.807, 2.05) is 0 Å². The fourth-order valence-electron chi connectivity index (χ4n) is 6.81. The van der Waals surface area contributed by atoms with Gasteiger partial charge in [-0.1, -0.05) is 232 Å². The van der Waals surface area contributed by atoms with Crippen LogP contribution in [0.5, 0.6) is 0 Å². The maximum Gasteiger partial charge on any atom is 0.397 e. The normalized spacial score (nSPS) is 12.7.